The minimum atomic E-state index is 0.334. The van der Waals surface area contributed by atoms with Gasteiger partial charge in [-0.25, -0.2) is 0 Å². The van der Waals surface area contributed by atoms with E-state index in [2.05, 4.69) is 37.8 Å². The maximum absolute atomic E-state index is 6.06. The lowest BCUT2D eigenvalue weighted by atomic mass is 10.0. The summed E-state index contributed by atoms with van der Waals surface area (Å²) < 4.78 is 0. The first-order valence-corrected chi connectivity index (χ1v) is 6.14. The van der Waals surface area contributed by atoms with Crippen molar-refractivity contribution >= 4 is 0 Å². The monoisotopic (exact) mass is 217 g/mol. The molecular weight excluding hydrogens is 194 g/mol. The van der Waals surface area contributed by atoms with Gasteiger partial charge < -0.3 is 5.73 Å². The van der Waals surface area contributed by atoms with E-state index in [-0.39, 0.29) is 0 Å². The summed E-state index contributed by atoms with van der Waals surface area (Å²) in [7, 11) is 0. The molecule has 0 aromatic heterocycles. The van der Waals surface area contributed by atoms with Gasteiger partial charge >= 0.3 is 0 Å². The van der Waals surface area contributed by atoms with Gasteiger partial charge in [0.05, 0.1) is 0 Å². The lowest BCUT2D eigenvalue weighted by Gasteiger charge is -2.10. The third-order valence-electron chi connectivity index (χ3n) is 2.91. The number of rotatable bonds is 7. The zero-order chi connectivity index (χ0) is 11.8. The fourth-order valence-electron chi connectivity index (χ4n) is 1.78. The number of allylic oxidation sites excluding steroid dienone is 1. The maximum Gasteiger partial charge on any atom is 0.00421 e. The Labute approximate surface area is 99.4 Å². The van der Waals surface area contributed by atoms with Crippen molar-refractivity contribution < 1.29 is 0 Å². The summed E-state index contributed by atoms with van der Waals surface area (Å²) >= 11 is 0. The highest BCUT2D eigenvalue weighted by atomic mass is 14.6. The highest BCUT2D eigenvalue weighted by molar-refractivity contribution is 5.21. The number of benzene rings is 1. The van der Waals surface area contributed by atoms with Crippen LogP contribution >= 0.6 is 0 Å². The summed E-state index contributed by atoms with van der Waals surface area (Å²) in [6, 6.07) is 9.07. The van der Waals surface area contributed by atoms with Crippen molar-refractivity contribution in [3.8, 4) is 0 Å². The molecule has 0 aliphatic rings. The van der Waals surface area contributed by atoms with E-state index in [4.69, 9.17) is 5.73 Å². The van der Waals surface area contributed by atoms with Gasteiger partial charge in [0.2, 0.25) is 0 Å². The van der Waals surface area contributed by atoms with Crippen LogP contribution in [0.2, 0.25) is 0 Å². The Morgan fingerprint density at radius 3 is 2.56 bits per heavy atom. The third-order valence-corrected chi connectivity index (χ3v) is 2.91. The highest BCUT2D eigenvalue weighted by Gasteiger charge is 2.02. The fraction of sp³-hybridized carbons (Fsp3) is 0.467. The average Bonchev–Trinajstić information content (AvgIpc) is 2.29. The minimum absolute atomic E-state index is 0.334. The molecule has 1 aromatic rings. The summed E-state index contributed by atoms with van der Waals surface area (Å²) in [5.74, 6) is 0. The summed E-state index contributed by atoms with van der Waals surface area (Å²) in [5.41, 5.74) is 8.77. The summed E-state index contributed by atoms with van der Waals surface area (Å²) in [6.45, 7) is 5.83. The molecule has 1 atom stereocenters. The first-order chi connectivity index (χ1) is 7.72. The lowest BCUT2D eigenvalue weighted by Crippen LogP contribution is -2.20. The van der Waals surface area contributed by atoms with Crippen LogP contribution in [-0.2, 0) is 6.42 Å². The second-order valence-electron chi connectivity index (χ2n) is 4.50. The molecule has 2 N–H and O–H groups in total. The van der Waals surface area contributed by atoms with Gasteiger partial charge in [0.25, 0.3) is 0 Å². The molecular formula is C15H23N. The van der Waals surface area contributed by atoms with E-state index in [1.165, 1.54) is 17.5 Å². The van der Waals surface area contributed by atoms with Crippen LogP contribution in [0.3, 0.4) is 0 Å². The van der Waals surface area contributed by atoms with Gasteiger partial charge in [-0.3, -0.25) is 0 Å². The second kappa shape index (κ2) is 7.24. The number of hydrogen-bond donors (Lipinski definition) is 1. The Morgan fingerprint density at radius 1 is 1.25 bits per heavy atom. The largest absolute Gasteiger partial charge is 0.328 e. The van der Waals surface area contributed by atoms with Gasteiger partial charge in [0.15, 0.2) is 0 Å². The molecule has 1 aromatic carbocycles. The molecule has 1 rings (SSSR count). The van der Waals surface area contributed by atoms with Crippen LogP contribution in [0.4, 0.5) is 0 Å². The standard InChI is InChI=1S/C15H23N/c1-3-4-5-6-15(16)12-11-14-9-7-13(2)8-10-14/h3,7-10,15H,1,4-6,11-12,16H2,2H3. The molecule has 88 valence electrons. The predicted molar refractivity (Wildman–Crippen MR) is 71.5 cm³/mol. The summed E-state index contributed by atoms with van der Waals surface area (Å²) in [5, 5.41) is 0. The molecule has 0 fully saturated rings. The van der Waals surface area contributed by atoms with Crippen molar-refractivity contribution in [3.63, 3.8) is 0 Å². The van der Waals surface area contributed by atoms with E-state index in [1.807, 2.05) is 6.08 Å². The van der Waals surface area contributed by atoms with Crippen LogP contribution in [0.1, 0.15) is 36.8 Å². The molecule has 0 bridgehead atoms. The van der Waals surface area contributed by atoms with Crippen molar-refractivity contribution in [2.75, 3.05) is 0 Å². The fourth-order valence-corrected chi connectivity index (χ4v) is 1.78. The second-order valence-corrected chi connectivity index (χ2v) is 4.50. The van der Waals surface area contributed by atoms with Crippen molar-refractivity contribution in [1.29, 1.82) is 0 Å². The molecule has 0 amide bonds. The van der Waals surface area contributed by atoms with Crippen LogP contribution in [0.5, 0.6) is 0 Å². The maximum atomic E-state index is 6.06. The molecule has 0 aliphatic heterocycles. The molecule has 0 aliphatic carbocycles. The number of aryl methyl sites for hydroxylation is 2. The quantitative estimate of drug-likeness (QED) is 0.548. The van der Waals surface area contributed by atoms with E-state index < -0.39 is 0 Å². The van der Waals surface area contributed by atoms with Crippen molar-refractivity contribution in [3.05, 3.63) is 48.0 Å². The number of nitrogens with two attached hydrogens (primary N) is 1. The van der Waals surface area contributed by atoms with E-state index in [0.29, 0.717) is 6.04 Å². The Hall–Kier alpha value is -1.08. The first-order valence-electron chi connectivity index (χ1n) is 6.14. The van der Waals surface area contributed by atoms with E-state index >= 15 is 0 Å². The van der Waals surface area contributed by atoms with Crippen LogP contribution in [0.15, 0.2) is 36.9 Å². The van der Waals surface area contributed by atoms with Crippen LogP contribution < -0.4 is 5.73 Å². The lowest BCUT2D eigenvalue weighted by molar-refractivity contribution is 0.549. The molecule has 0 spiro atoms. The Balaban J connectivity index is 2.23. The minimum Gasteiger partial charge on any atom is -0.328 e. The van der Waals surface area contributed by atoms with Gasteiger partial charge in [-0.1, -0.05) is 35.9 Å². The van der Waals surface area contributed by atoms with Crippen LogP contribution in [-0.4, -0.2) is 6.04 Å². The Bertz CT molecular complexity index is 300. The zero-order valence-corrected chi connectivity index (χ0v) is 10.3. The topological polar surface area (TPSA) is 26.0 Å². The van der Waals surface area contributed by atoms with Gasteiger partial charge in [-0.2, -0.15) is 0 Å². The predicted octanol–water partition coefficient (Wildman–Crippen LogP) is 3.61. The van der Waals surface area contributed by atoms with Gasteiger partial charge in [-0.15, -0.1) is 6.58 Å². The van der Waals surface area contributed by atoms with Crippen molar-refractivity contribution in [1.82, 2.24) is 0 Å². The molecule has 1 heteroatoms. The molecule has 0 saturated heterocycles. The van der Waals surface area contributed by atoms with Crippen LogP contribution in [0, 0.1) is 6.92 Å². The van der Waals surface area contributed by atoms with Crippen molar-refractivity contribution in [2.24, 2.45) is 5.73 Å². The zero-order valence-electron chi connectivity index (χ0n) is 10.3. The van der Waals surface area contributed by atoms with Crippen molar-refractivity contribution in [2.45, 2.75) is 45.1 Å². The molecule has 0 saturated carbocycles. The molecule has 0 heterocycles. The molecule has 1 unspecified atom stereocenters. The highest BCUT2D eigenvalue weighted by Crippen LogP contribution is 2.09. The SMILES string of the molecule is C=CCCCC(N)CCc1ccc(C)cc1. The number of hydrogen-bond acceptors (Lipinski definition) is 1. The van der Waals surface area contributed by atoms with Crippen LogP contribution in [0.25, 0.3) is 0 Å². The summed E-state index contributed by atoms with van der Waals surface area (Å²) in [4.78, 5) is 0. The normalized spacial score (nSPS) is 12.4. The van der Waals surface area contributed by atoms with E-state index in [9.17, 15) is 0 Å². The number of unbranched alkanes of at least 4 members (excludes halogenated alkanes) is 1. The van der Waals surface area contributed by atoms with E-state index in [0.717, 1.165) is 25.7 Å². The Kier molecular flexibility index (Phi) is 5.87. The van der Waals surface area contributed by atoms with E-state index in [1.54, 1.807) is 0 Å². The van der Waals surface area contributed by atoms with Gasteiger partial charge in [0.1, 0.15) is 0 Å². The Morgan fingerprint density at radius 2 is 1.94 bits per heavy atom. The third kappa shape index (κ3) is 5.13. The molecule has 1 nitrogen and oxygen atoms in total. The average molecular weight is 217 g/mol. The van der Waals surface area contributed by atoms with Gasteiger partial charge in [-0.05, 0) is 44.6 Å². The molecule has 16 heavy (non-hydrogen) atoms. The van der Waals surface area contributed by atoms with Gasteiger partial charge in [0, 0.05) is 6.04 Å². The summed E-state index contributed by atoms with van der Waals surface area (Å²) in [6.07, 6.45) is 7.50. The first kappa shape index (κ1) is 13.0. The molecule has 0 radical (unpaired) electrons. The smallest absolute Gasteiger partial charge is 0.00421 e.